The predicted molar refractivity (Wildman–Crippen MR) is 144 cm³/mol. The number of anilines is 1. The van der Waals surface area contributed by atoms with Gasteiger partial charge < -0.3 is 19.0 Å². The summed E-state index contributed by atoms with van der Waals surface area (Å²) < 4.78 is 17.8. The van der Waals surface area contributed by atoms with Crippen LogP contribution in [-0.2, 0) is 4.79 Å². The van der Waals surface area contributed by atoms with Crippen LogP contribution in [-0.4, -0.2) is 30.5 Å². The van der Waals surface area contributed by atoms with Crippen molar-refractivity contribution in [3.8, 4) is 11.5 Å². The third-order valence-corrected chi connectivity index (χ3v) is 6.81. The fourth-order valence-electron chi connectivity index (χ4n) is 4.41. The number of furan rings is 1. The van der Waals surface area contributed by atoms with Crippen LogP contribution in [0.25, 0.3) is 11.0 Å². The van der Waals surface area contributed by atoms with Crippen molar-refractivity contribution in [3.63, 3.8) is 0 Å². The van der Waals surface area contributed by atoms with E-state index in [0.29, 0.717) is 45.3 Å². The topological polar surface area (TPSA) is 89.2 Å². The lowest BCUT2D eigenvalue weighted by molar-refractivity contribution is -0.117. The van der Waals surface area contributed by atoms with Gasteiger partial charge in [-0.2, -0.15) is 0 Å². The summed E-state index contributed by atoms with van der Waals surface area (Å²) in [4.78, 5) is 28.6. The Morgan fingerprint density at radius 3 is 2.54 bits per heavy atom. The molecule has 1 N–H and O–H groups in total. The van der Waals surface area contributed by atoms with Gasteiger partial charge in [-0.1, -0.05) is 33.6 Å². The normalized spacial score (nSPS) is 15.5. The second-order valence-corrected chi connectivity index (χ2v) is 9.63. The summed E-state index contributed by atoms with van der Waals surface area (Å²) in [6.45, 7) is 2.22. The third kappa shape index (κ3) is 4.47. The van der Waals surface area contributed by atoms with E-state index in [-0.39, 0.29) is 11.3 Å². The molecule has 1 aromatic heterocycles. The first kappa shape index (κ1) is 24.9. The number of fused-ring (bicyclic) bond motifs is 1. The van der Waals surface area contributed by atoms with Crippen molar-refractivity contribution < 1.29 is 28.6 Å². The number of hydrogen-bond donors (Lipinski definition) is 1. The van der Waals surface area contributed by atoms with Crippen LogP contribution in [0.2, 0.25) is 5.02 Å². The number of nitrogens with zero attached hydrogens (tertiary/aromatic N) is 1. The molecule has 0 saturated carbocycles. The summed E-state index contributed by atoms with van der Waals surface area (Å²) in [5, 5.41) is 12.2. The molecule has 2 heterocycles. The number of hydrogen-bond acceptors (Lipinski definition) is 6. The third-order valence-electron chi connectivity index (χ3n) is 6.06. The zero-order valence-corrected chi connectivity index (χ0v) is 22.2. The van der Waals surface area contributed by atoms with E-state index in [1.807, 2.05) is 13.0 Å². The van der Waals surface area contributed by atoms with Crippen LogP contribution in [0.4, 0.5) is 5.69 Å². The molecule has 188 valence electrons. The minimum absolute atomic E-state index is 0.00366. The quantitative estimate of drug-likeness (QED) is 0.235. The lowest BCUT2D eigenvalue weighted by Crippen LogP contribution is -2.31. The van der Waals surface area contributed by atoms with E-state index in [0.717, 1.165) is 4.47 Å². The second-order valence-electron chi connectivity index (χ2n) is 8.28. The van der Waals surface area contributed by atoms with Gasteiger partial charge in [0.25, 0.3) is 5.91 Å². The second kappa shape index (κ2) is 9.95. The Bertz CT molecular complexity index is 1560. The summed E-state index contributed by atoms with van der Waals surface area (Å²) >= 11 is 9.48. The van der Waals surface area contributed by atoms with Gasteiger partial charge in [-0.3, -0.25) is 14.5 Å². The molecule has 0 radical (unpaired) electrons. The van der Waals surface area contributed by atoms with Gasteiger partial charge in [0.15, 0.2) is 23.0 Å². The fraction of sp³-hybridized carbons (Fsp3) is 0.143. The minimum Gasteiger partial charge on any atom is -0.503 e. The average Bonchev–Trinajstić information content (AvgIpc) is 3.43. The first-order valence-electron chi connectivity index (χ1n) is 11.4. The lowest BCUT2D eigenvalue weighted by atomic mass is 9.94. The van der Waals surface area contributed by atoms with Gasteiger partial charge in [-0.25, -0.2) is 0 Å². The molecule has 0 spiro atoms. The van der Waals surface area contributed by atoms with Crippen LogP contribution in [0.1, 0.15) is 29.1 Å². The summed E-state index contributed by atoms with van der Waals surface area (Å²) in [5.41, 5.74) is 1.39. The van der Waals surface area contributed by atoms with Gasteiger partial charge in [-0.15, -0.1) is 0 Å². The number of amides is 1. The molecule has 4 aromatic rings. The first-order valence-corrected chi connectivity index (χ1v) is 12.6. The van der Waals surface area contributed by atoms with Crippen molar-refractivity contribution in [1.29, 1.82) is 0 Å². The van der Waals surface area contributed by atoms with E-state index in [1.165, 1.54) is 12.0 Å². The highest BCUT2D eigenvalue weighted by molar-refractivity contribution is 9.10. The van der Waals surface area contributed by atoms with Crippen molar-refractivity contribution in [2.75, 3.05) is 18.6 Å². The van der Waals surface area contributed by atoms with Crippen LogP contribution in [0.5, 0.6) is 11.5 Å². The molecule has 3 aromatic carbocycles. The Morgan fingerprint density at radius 2 is 1.84 bits per heavy atom. The average molecular weight is 583 g/mol. The Morgan fingerprint density at radius 1 is 1.08 bits per heavy atom. The SMILES string of the molecule is CCOc1cc(C2C(C(=O)c3cc4cc(Br)ccc4o3)=C(O)C(=O)N2c2ccc(Cl)cc2)ccc1OC. The van der Waals surface area contributed by atoms with Gasteiger partial charge >= 0.3 is 0 Å². The highest BCUT2D eigenvalue weighted by Gasteiger charge is 2.45. The summed E-state index contributed by atoms with van der Waals surface area (Å²) in [6, 6.07) is 17.7. The Kier molecular flexibility index (Phi) is 6.70. The van der Waals surface area contributed by atoms with Crippen LogP contribution in [0, 0.1) is 0 Å². The van der Waals surface area contributed by atoms with E-state index in [9.17, 15) is 14.7 Å². The molecule has 1 aliphatic rings. The lowest BCUT2D eigenvalue weighted by Gasteiger charge is -2.27. The van der Waals surface area contributed by atoms with Gasteiger partial charge in [-0.05, 0) is 73.2 Å². The summed E-state index contributed by atoms with van der Waals surface area (Å²) in [5.74, 6) is -1.03. The first-order chi connectivity index (χ1) is 17.8. The van der Waals surface area contributed by atoms with Gasteiger partial charge in [0.1, 0.15) is 5.58 Å². The highest BCUT2D eigenvalue weighted by atomic mass is 79.9. The Labute approximate surface area is 226 Å². The maximum atomic E-state index is 13.8. The molecule has 9 heteroatoms. The van der Waals surface area contributed by atoms with Crippen LogP contribution >= 0.6 is 27.5 Å². The number of halogens is 2. The number of rotatable bonds is 7. The molecule has 5 rings (SSSR count). The van der Waals surface area contributed by atoms with Crippen LogP contribution in [0.3, 0.4) is 0 Å². The Hall–Kier alpha value is -3.75. The number of benzene rings is 3. The standard InChI is InChI=1S/C28H21BrClNO6/c1-3-36-22-13-15(4-10-21(22)35-2)25-24(26(32)23-14-16-12-17(29)5-11-20(16)37-23)27(33)28(34)31(25)19-8-6-18(30)7-9-19/h4-14,25,33H,3H2,1-2H3. The van der Waals surface area contributed by atoms with E-state index < -0.39 is 23.5 Å². The molecule has 1 aliphatic heterocycles. The monoisotopic (exact) mass is 581 g/mol. The van der Waals surface area contributed by atoms with Crippen molar-refractivity contribution in [2.45, 2.75) is 13.0 Å². The van der Waals surface area contributed by atoms with Crippen molar-refractivity contribution in [3.05, 3.63) is 98.9 Å². The summed E-state index contributed by atoms with van der Waals surface area (Å²) in [6.07, 6.45) is 0. The van der Waals surface area contributed by atoms with E-state index in [1.54, 1.807) is 60.7 Å². The van der Waals surface area contributed by atoms with E-state index in [4.69, 9.17) is 25.5 Å². The zero-order valence-electron chi connectivity index (χ0n) is 19.8. The molecule has 0 aliphatic carbocycles. The van der Waals surface area contributed by atoms with Gasteiger partial charge in [0.05, 0.1) is 25.3 Å². The molecule has 0 bridgehead atoms. The van der Waals surface area contributed by atoms with Crippen molar-refractivity contribution in [2.24, 2.45) is 0 Å². The summed E-state index contributed by atoms with van der Waals surface area (Å²) in [7, 11) is 1.53. The molecule has 37 heavy (non-hydrogen) atoms. The van der Waals surface area contributed by atoms with Gasteiger partial charge in [0, 0.05) is 20.6 Å². The zero-order chi connectivity index (χ0) is 26.3. The Balaban J connectivity index is 1.67. The number of aliphatic hydroxyl groups is 1. The molecule has 0 saturated heterocycles. The fourth-order valence-corrected chi connectivity index (χ4v) is 4.92. The number of aliphatic hydroxyl groups excluding tert-OH is 1. The number of methoxy groups -OCH3 is 1. The van der Waals surface area contributed by atoms with E-state index >= 15 is 0 Å². The number of ether oxygens (including phenoxy) is 2. The maximum Gasteiger partial charge on any atom is 0.294 e. The molecule has 1 unspecified atom stereocenters. The molecule has 1 amide bonds. The van der Waals surface area contributed by atoms with Gasteiger partial charge in [0.2, 0.25) is 5.78 Å². The van der Waals surface area contributed by atoms with Crippen LogP contribution in [0.15, 0.2) is 87.0 Å². The van der Waals surface area contributed by atoms with E-state index in [2.05, 4.69) is 15.9 Å². The van der Waals surface area contributed by atoms with Crippen molar-refractivity contribution in [1.82, 2.24) is 0 Å². The number of ketones is 1. The molecular weight excluding hydrogens is 562 g/mol. The number of carbonyl (C=O) groups excluding carboxylic acids is 2. The smallest absolute Gasteiger partial charge is 0.294 e. The molecule has 7 nitrogen and oxygen atoms in total. The maximum absolute atomic E-state index is 13.8. The predicted octanol–water partition coefficient (Wildman–Crippen LogP) is 7.04. The molecular formula is C28H21BrClNO6. The van der Waals surface area contributed by atoms with Crippen molar-refractivity contribution >= 4 is 55.9 Å². The molecule has 1 atom stereocenters. The minimum atomic E-state index is -0.966. The van der Waals surface area contributed by atoms with Crippen LogP contribution < -0.4 is 14.4 Å². The highest BCUT2D eigenvalue weighted by Crippen LogP contribution is 2.44. The largest absolute Gasteiger partial charge is 0.503 e. The number of carbonyl (C=O) groups is 2. The molecule has 0 fully saturated rings. The number of Topliss-reactive ketones (excluding diaryl/α,β-unsaturated/α-hetero) is 1.